The van der Waals surface area contributed by atoms with Gasteiger partial charge in [0.05, 0.1) is 5.69 Å². The third-order valence-corrected chi connectivity index (χ3v) is 13.1. The molecule has 0 radical (unpaired) electrons. The quantitative estimate of drug-likeness (QED) is 0.256. The van der Waals surface area contributed by atoms with Crippen molar-refractivity contribution in [2.45, 2.75) is 69.1 Å². The van der Waals surface area contributed by atoms with Gasteiger partial charge in [-0.1, -0.05) is 65.8 Å². The molecule has 0 spiro atoms. The first kappa shape index (κ1) is 23.0. The number of fused-ring (bicyclic) bond motifs is 4. The molecule has 5 rings (SSSR count). The summed E-state index contributed by atoms with van der Waals surface area (Å²) in [7, 11) is -0.992. The standard InChI is InChI=1S/C31H35NOS/c1-19(2)34(20(3)4,21(5)6)24-12-13-25-23(18-24)14-15-32-30(25)28-17-22(7)16-27-26-10-8-9-11-29(26)33-31(27)28/h8-21H,1-7H3. The molecule has 0 amide bonds. The molecule has 0 unspecified atom stereocenters. The number of hydrogen-bond acceptors (Lipinski definition) is 2. The molecule has 176 valence electrons. The van der Waals surface area contributed by atoms with Crippen LogP contribution in [0.4, 0.5) is 0 Å². The topological polar surface area (TPSA) is 26.0 Å². The van der Waals surface area contributed by atoms with Crippen LogP contribution in [-0.2, 0) is 0 Å². The van der Waals surface area contributed by atoms with E-state index in [2.05, 4.69) is 97.0 Å². The first-order chi connectivity index (χ1) is 16.2. The number of para-hydroxylation sites is 1. The SMILES string of the molecule is Cc1cc(-c2nccc3cc(S(C(C)C)(C(C)C)C(C)C)ccc23)c2oc3ccccc3c2c1. The molecule has 0 bridgehead atoms. The highest BCUT2D eigenvalue weighted by molar-refractivity contribution is 8.35. The van der Waals surface area contributed by atoms with Crippen molar-refractivity contribution in [3.63, 3.8) is 0 Å². The molecule has 0 aliphatic heterocycles. The zero-order valence-corrected chi connectivity index (χ0v) is 22.2. The third-order valence-electron chi connectivity index (χ3n) is 7.36. The van der Waals surface area contributed by atoms with Crippen molar-refractivity contribution in [2.24, 2.45) is 0 Å². The van der Waals surface area contributed by atoms with Crippen molar-refractivity contribution in [1.82, 2.24) is 4.98 Å². The largest absolute Gasteiger partial charge is 0.455 e. The molecule has 0 aliphatic carbocycles. The van der Waals surface area contributed by atoms with Crippen LogP contribution >= 0.6 is 10.0 Å². The molecule has 3 heteroatoms. The van der Waals surface area contributed by atoms with Gasteiger partial charge in [-0.2, -0.15) is 0 Å². The van der Waals surface area contributed by atoms with E-state index in [0.29, 0.717) is 15.7 Å². The zero-order valence-electron chi connectivity index (χ0n) is 21.3. The Balaban J connectivity index is 1.77. The Morgan fingerprint density at radius 1 is 0.735 bits per heavy atom. The van der Waals surface area contributed by atoms with Gasteiger partial charge < -0.3 is 4.42 Å². The van der Waals surface area contributed by atoms with Gasteiger partial charge in [-0.05, 0) is 74.9 Å². The van der Waals surface area contributed by atoms with Crippen molar-refractivity contribution in [2.75, 3.05) is 0 Å². The van der Waals surface area contributed by atoms with Crippen molar-refractivity contribution in [3.05, 3.63) is 72.4 Å². The zero-order chi connectivity index (χ0) is 24.2. The van der Waals surface area contributed by atoms with Gasteiger partial charge in [-0.15, -0.1) is 0 Å². The lowest BCUT2D eigenvalue weighted by molar-refractivity contribution is 0.670. The third kappa shape index (κ3) is 3.36. The van der Waals surface area contributed by atoms with E-state index in [1.807, 2.05) is 18.3 Å². The maximum atomic E-state index is 6.38. The summed E-state index contributed by atoms with van der Waals surface area (Å²) in [4.78, 5) is 6.39. The Bertz CT molecular complexity index is 1490. The number of furan rings is 1. The number of rotatable bonds is 5. The Kier molecular flexibility index (Phi) is 5.72. The molecular weight excluding hydrogens is 434 g/mol. The van der Waals surface area contributed by atoms with Crippen molar-refractivity contribution >= 4 is 42.7 Å². The van der Waals surface area contributed by atoms with E-state index in [-0.39, 0.29) is 0 Å². The Labute approximate surface area is 204 Å². The molecule has 34 heavy (non-hydrogen) atoms. The van der Waals surface area contributed by atoms with Crippen molar-refractivity contribution in [1.29, 1.82) is 0 Å². The molecule has 0 fully saturated rings. The van der Waals surface area contributed by atoms with Crippen LogP contribution in [0.1, 0.15) is 47.1 Å². The van der Waals surface area contributed by atoms with Crippen molar-refractivity contribution in [3.8, 4) is 11.3 Å². The molecule has 2 nitrogen and oxygen atoms in total. The second kappa shape index (κ2) is 8.46. The number of nitrogens with zero attached hydrogens (tertiary/aromatic N) is 1. The van der Waals surface area contributed by atoms with E-state index in [9.17, 15) is 0 Å². The number of hydrogen-bond donors (Lipinski definition) is 0. The fraction of sp³-hybridized carbons (Fsp3) is 0.323. The van der Waals surface area contributed by atoms with Crippen LogP contribution in [0.3, 0.4) is 0 Å². The lowest BCUT2D eigenvalue weighted by atomic mass is 9.99. The van der Waals surface area contributed by atoms with Crippen LogP contribution in [-0.4, -0.2) is 20.7 Å². The summed E-state index contributed by atoms with van der Waals surface area (Å²) in [6.45, 7) is 16.6. The van der Waals surface area contributed by atoms with Crippen molar-refractivity contribution < 1.29 is 4.42 Å². The van der Waals surface area contributed by atoms with Gasteiger partial charge in [0.15, 0.2) is 0 Å². The Morgan fingerprint density at radius 3 is 2.15 bits per heavy atom. The number of aryl methyl sites for hydroxylation is 1. The molecule has 0 saturated heterocycles. The summed E-state index contributed by atoms with van der Waals surface area (Å²) in [6, 6.07) is 22.0. The predicted molar refractivity (Wildman–Crippen MR) is 150 cm³/mol. The summed E-state index contributed by atoms with van der Waals surface area (Å²) >= 11 is 0. The van der Waals surface area contributed by atoms with E-state index >= 15 is 0 Å². The first-order valence-corrected chi connectivity index (χ1v) is 14.2. The van der Waals surface area contributed by atoms with E-state index < -0.39 is 10.0 Å². The average molecular weight is 470 g/mol. The van der Waals surface area contributed by atoms with Crippen LogP contribution in [0.15, 0.2) is 76.2 Å². The molecule has 3 aromatic carbocycles. The molecule has 2 heterocycles. The van der Waals surface area contributed by atoms with E-state index in [0.717, 1.165) is 33.2 Å². The molecule has 0 saturated carbocycles. The Hall–Kier alpha value is -2.78. The highest BCUT2D eigenvalue weighted by Gasteiger charge is 2.36. The second-order valence-electron chi connectivity index (χ2n) is 10.2. The fourth-order valence-electron chi connectivity index (χ4n) is 6.19. The molecule has 0 aliphatic rings. The maximum absolute atomic E-state index is 6.38. The van der Waals surface area contributed by atoms with E-state index in [1.165, 1.54) is 21.2 Å². The minimum atomic E-state index is -0.992. The monoisotopic (exact) mass is 469 g/mol. The lowest BCUT2D eigenvalue weighted by Crippen LogP contribution is -2.28. The van der Waals surface area contributed by atoms with Crippen LogP contribution in [0.5, 0.6) is 0 Å². The van der Waals surface area contributed by atoms with E-state index in [1.54, 1.807) is 0 Å². The second-order valence-corrected chi connectivity index (χ2v) is 15.1. The van der Waals surface area contributed by atoms with Gasteiger partial charge >= 0.3 is 0 Å². The smallest absolute Gasteiger partial charge is 0.144 e. The molecular formula is C31H35NOS. The van der Waals surface area contributed by atoms with Crippen LogP contribution < -0.4 is 0 Å². The van der Waals surface area contributed by atoms with Crippen LogP contribution in [0.2, 0.25) is 0 Å². The van der Waals surface area contributed by atoms with Gasteiger partial charge in [0.25, 0.3) is 0 Å². The average Bonchev–Trinajstić information content (AvgIpc) is 3.16. The van der Waals surface area contributed by atoms with Gasteiger partial charge in [-0.3, -0.25) is 4.98 Å². The van der Waals surface area contributed by atoms with Gasteiger partial charge in [0.1, 0.15) is 11.2 Å². The fourth-order valence-corrected chi connectivity index (χ4v) is 11.7. The lowest BCUT2D eigenvalue weighted by Gasteiger charge is -2.52. The number of pyridine rings is 1. The highest BCUT2D eigenvalue weighted by Crippen LogP contribution is 2.66. The molecule has 2 aromatic heterocycles. The Morgan fingerprint density at radius 2 is 1.44 bits per heavy atom. The maximum Gasteiger partial charge on any atom is 0.144 e. The minimum Gasteiger partial charge on any atom is -0.455 e. The number of benzene rings is 3. The summed E-state index contributed by atoms with van der Waals surface area (Å²) in [5.74, 6) is 0. The van der Waals surface area contributed by atoms with Crippen LogP contribution in [0, 0.1) is 6.92 Å². The molecule has 5 aromatic rings. The predicted octanol–water partition coefficient (Wildman–Crippen LogP) is 9.50. The van der Waals surface area contributed by atoms with Gasteiger partial charge in [0.2, 0.25) is 0 Å². The first-order valence-electron chi connectivity index (χ1n) is 12.4. The minimum absolute atomic E-state index is 0.623. The van der Waals surface area contributed by atoms with Gasteiger partial charge in [-0.25, -0.2) is 10.0 Å². The number of aromatic nitrogens is 1. The highest BCUT2D eigenvalue weighted by atomic mass is 32.3. The van der Waals surface area contributed by atoms with Gasteiger partial charge in [0, 0.05) is 27.9 Å². The molecule has 0 atom stereocenters. The molecule has 0 N–H and O–H groups in total. The van der Waals surface area contributed by atoms with Crippen LogP contribution in [0.25, 0.3) is 44.0 Å². The normalized spacial score (nSPS) is 13.2. The summed E-state index contributed by atoms with van der Waals surface area (Å²) in [5.41, 5.74) is 5.12. The van der Waals surface area contributed by atoms with E-state index in [4.69, 9.17) is 9.40 Å². The summed E-state index contributed by atoms with van der Waals surface area (Å²) in [5, 5.41) is 6.62. The summed E-state index contributed by atoms with van der Waals surface area (Å²) < 4.78 is 6.38. The summed E-state index contributed by atoms with van der Waals surface area (Å²) in [6.07, 6.45) is 1.95.